The summed E-state index contributed by atoms with van der Waals surface area (Å²) in [6.07, 6.45) is 4.91. The van der Waals surface area contributed by atoms with E-state index in [0.29, 0.717) is 12.0 Å². The molecule has 118 valence electrons. The van der Waals surface area contributed by atoms with Crippen LogP contribution in [0.2, 0.25) is 0 Å². The van der Waals surface area contributed by atoms with Crippen LogP contribution in [0.4, 0.5) is 4.39 Å². The van der Waals surface area contributed by atoms with E-state index in [1.165, 1.54) is 25.7 Å². The highest BCUT2D eigenvalue weighted by Crippen LogP contribution is 2.34. The van der Waals surface area contributed by atoms with Crippen LogP contribution in [-0.4, -0.2) is 24.0 Å². The first-order valence-electron chi connectivity index (χ1n) is 7.99. The molecule has 1 aromatic rings. The van der Waals surface area contributed by atoms with Crippen LogP contribution >= 0.6 is 15.9 Å². The molecule has 2 N–H and O–H groups in total. The number of rotatable bonds is 5. The SMILES string of the molecule is CCN(C(C)c1ccc(Br)cc1F)C1CCCCC1CN. The molecule has 1 fully saturated rings. The minimum absolute atomic E-state index is 0.0836. The van der Waals surface area contributed by atoms with Crippen LogP contribution in [0, 0.1) is 11.7 Å². The van der Waals surface area contributed by atoms with Gasteiger partial charge in [0.15, 0.2) is 0 Å². The zero-order valence-electron chi connectivity index (χ0n) is 13.0. The lowest BCUT2D eigenvalue weighted by molar-refractivity contribution is 0.0755. The third kappa shape index (κ3) is 3.85. The second kappa shape index (κ2) is 7.70. The highest BCUT2D eigenvalue weighted by atomic mass is 79.9. The van der Waals surface area contributed by atoms with Crippen molar-refractivity contribution in [2.45, 2.75) is 51.6 Å². The molecule has 0 aromatic heterocycles. The summed E-state index contributed by atoms with van der Waals surface area (Å²) >= 11 is 3.33. The molecule has 4 heteroatoms. The normalized spacial score (nSPS) is 24.3. The lowest BCUT2D eigenvalue weighted by atomic mass is 9.82. The van der Waals surface area contributed by atoms with Gasteiger partial charge in [0.1, 0.15) is 5.82 Å². The van der Waals surface area contributed by atoms with Crippen LogP contribution in [0.5, 0.6) is 0 Å². The van der Waals surface area contributed by atoms with Gasteiger partial charge in [0, 0.05) is 22.1 Å². The molecule has 0 heterocycles. The van der Waals surface area contributed by atoms with Crippen molar-refractivity contribution in [2.75, 3.05) is 13.1 Å². The molecule has 0 radical (unpaired) electrons. The van der Waals surface area contributed by atoms with Crippen molar-refractivity contribution in [1.29, 1.82) is 0 Å². The Morgan fingerprint density at radius 1 is 1.38 bits per heavy atom. The summed E-state index contributed by atoms with van der Waals surface area (Å²) < 4.78 is 15.1. The zero-order valence-corrected chi connectivity index (χ0v) is 14.6. The smallest absolute Gasteiger partial charge is 0.129 e. The standard InChI is InChI=1S/C17H26BrFN2/c1-3-21(17-7-5-4-6-13(17)11-20)12(2)15-9-8-14(18)10-16(15)19/h8-10,12-13,17H,3-7,11,20H2,1-2H3. The molecule has 0 amide bonds. The summed E-state index contributed by atoms with van der Waals surface area (Å²) in [4.78, 5) is 2.43. The molecular formula is C17H26BrFN2. The number of nitrogens with zero attached hydrogens (tertiary/aromatic N) is 1. The van der Waals surface area contributed by atoms with E-state index < -0.39 is 0 Å². The molecule has 1 aliphatic rings. The second-order valence-electron chi connectivity index (χ2n) is 6.02. The van der Waals surface area contributed by atoms with Gasteiger partial charge in [-0.25, -0.2) is 4.39 Å². The Balaban J connectivity index is 2.22. The number of hydrogen-bond acceptors (Lipinski definition) is 2. The van der Waals surface area contributed by atoms with E-state index in [0.717, 1.165) is 23.1 Å². The number of hydrogen-bond donors (Lipinski definition) is 1. The third-order valence-electron chi connectivity index (χ3n) is 4.87. The van der Waals surface area contributed by atoms with Gasteiger partial charge in [-0.2, -0.15) is 0 Å². The Hall–Kier alpha value is -0.450. The second-order valence-corrected chi connectivity index (χ2v) is 6.94. The number of nitrogens with two attached hydrogens (primary N) is 1. The van der Waals surface area contributed by atoms with Crippen molar-refractivity contribution in [3.8, 4) is 0 Å². The van der Waals surface area contributed by atoms with Gasteiger partial charge in [0.25, 0.3) is 0 Å². The summed E-state index contributed by atoms with van der Waals surface area (Å²) in [5.41, 5.74) is 6.75. The van der Waals surface area contributed by atoms with Gasteiger partial charge in [-0.1, -0.05) is 41.8 Å². The molecule has 1 aromatic carbocycles. The van der Waals surface area contributed by atoms with E-state index in [4.69, 9.17) is 5.73 Å². The molecule has 2 nitrogen and oxygen atoms in total. The fourth-order valence-electron chi connectivity index (χ4n) is 3.71. The summed E-state index contributed by atoms with van der Waals surface area (Å²) in [6.45, 7) is 5.93. The van der Waals surface area contributed by atoms with Crippen molar-refractivity contribution < 1.29 is 4.39 Å². The van der Waals surface area contributed by atoms with Crippen molar-refractivity contribution in [2.24, 2.45) is 11.7 Å². The molecule has 0 saturated heterocycles. The molecule has 0 bridgehead atoms. The summed E-state index contributed by atoms with van der Waals surface area (Å²) in [6, 6.07) is 5.94. The third-order valence-corrected chi connectivity index (χ3v) is 5.37. The number of benzene rings is 1. The average Bonchev–Trinajstić information content (AvgIpc) is 2.48. The molecular weight excluding hydrogens is 331 g/mol. The van der Waals surface area contributed by atoms with E-state index >= 15 is 0 Å². The predicted octanol–water partition coefficient (Wildman–Crippen LogP) is 4.49. The molecule has 3 atom stereocenters. The largest absolute Gasteiger partial charge is 0.330 e. The highest BCUT2D eigenvalue weighted by molar-refractivity contribution is 9.10. The molecule has 2 rings (SSSR count). The minimum Gasteiger partial charge on any atom is -0.330 e. The lowest BCUT2D eigenvalue weighted by Crippen LogP contribution is -2.46. The molecule has 1 saturated carbocycles. The van der Waals surface area contributed by atoms with Gasteiger partial charge < -0.3 is 5.73 Å². The predicted molar refractivity (Wildman–Crippen MR) is 89.7 cm³/mol. The Labute approximate surface area is 136 Å². The van der Waals surface area contributed by atoms with Gasteiger partial charge in [0.2, 0.25) is 0 Å². The van der Waals surface area contributed by atoms with Gasteiger partial charge >= 0.3 is 0 Å². The van der Waals surface area contributed by atoms with E-state index in [-0.39, 0.29) is 11.9 Å². The summed E-state index contributed by atoms with van der Waals surface area (Å²) in [5.74, 6) is 0.412. The molecule has 0 aliphatic heterocycles. The van der Waals surface area contributed by atoms with Crippen molar-refractivity contribution in [1.82, 2.24) is 4.90 Å². The van der Waals surface area contributed by atoms with Gasteiger partial charge in [-0.3, -0.25) is 4.90 Å². The average molecular weight is 357 g/mol. The van der Waals surface area contributed by atoms with Crippen molar-refractivity contribution in [3.63, 3.8) is 0 Å². The lowest BCUT2D eigenvalue weighted by Gasteiger charge is -2.42. The zero-order chi connectivity index (χ0) is 15.4. The molecule has 21 heavy (non-hydrogen) atoms. The highest BCUT2D eigenvalue weighted by Gasteiger charge is 2.32. The first-order valence-corrected chi connectivity index (χ1v) is 8.78. The summed E-state index contributed by atoms with van der Waals surface area (Å²) in [7, 11) is 0. The molecule has 1 aliphatic carbocycles. The van der Waals surface area contributed by atoms with Gasteiger partial charge in [0.05, 0.1) is 0 Å². The van der Waals surface area contributed by atoms with Crippen LogP contribution in [0.15, 0.2) is 22.7 Å². The first-order chi connectivity index (χ1) is 10.1. The van der Waals surface area contributed by atoms with Gasteiger partial charge in [-0.15, -0.1) is 0 Å². The van der Waals surface area contributed by atoms with Crippen LogP contribution in [-0.2, 0) is 0 Å². The van der Waals surface area contributed by atoms with Crippen LogP contribution in [0.25, 0.3) is 0 Å². The van der Waals surface area contributed by atoms with Crippen LogP contribution in [0.3, 0.4) is 0 Å². The van der Waals surface area contributed by atoms with Crippen molar-refractivity contribution in [3.05, 3.63) is 34.1 Å². The topological polar surface area (TPSA) is 29.3 Å². The van der Waals surface area contributed by atoms with E-state index in [2.05, 4.69) is 34.7 Å². The maximum Gasteiger partial charge on any atom is 0.129 e. The van der Waals surface area contributed by atoms with Crippen LogP contribution in [0.1, 0.15) is 51.1 Å². The first kappa shape index (κ1) is 16.9. The fourth-order valence-corrected chi connectivity index (χ4v) is 4.05. The fraction of sp³-hybridized carbons (Fsp3) is 0.647. The molecule has 3 unspecified atom stereocenters. The Kier molecular flexibility index (Phi) is 6.20. The summed E-state index contributed by atoms with van der Waals surface area (Å²) in [5, 5.41) is 0. The maximum atomic E-state index is 14.3. The van der Waals surface area contributed by atoms with E-state index in [9.17, 15) is 4.39 Å². The Morgan fingerprint density at radius 3 is 2.71 bits per heavy atom. The monoisotopic (exact) mass is 356 g/mol. The van der Waals surface area contributed by atoms with E-state index in [1.54, 1.807) is 6.07 Å². The maximum absolute atomic E-state index is 14.3. The Bertz CT molecular complexity index is 466. The molecule has 0 spiro atoms. The van der Waals surface area contributed by atoms with Crippen molar-refractivity contribution >= 4 is 15.9 Å². The Morgan fingerprint density at radius 2 is 2.10 bits per heavy atom. The van der Waals surface area contributed by atoms with E-state index in [1.807, 2.05) is 12.1 Å². The van der Waals surface area contributed by atoms with Crippen LogP contribution < -0.4 is 5.73 Å². The minimum atomic E-state index is -0.129. The quantitative estimate of drug-likeness (QED) is 0.841. The number of halogens is 2. The van der Waals surface area contributed by atoms with Gasteiger partial charge in [-0.05, 0) is 50.9 Å².